The van der Waals surface area contributed by atoms with Gasteiger partial charge in [-0.1, -0.05) is 6.92 Å². The van der Waals surface area contributed by atoms with Crippen LogP contribution in [0.2, 0.25) is 0 Å². The lowest BCUT2D eigenvalue weighted by atomic mass is 10.1. The molecule has 1 unspecified atom stereocenters. The van der Waals surface area contributed by atoms with E-state index in [4.69, 9.17) is 5.11 Å². The van der Waals surface area contributed by atoms with E-state index in [9.17, 15) is 9.59 Å². The van der Waals surface area contributed by atoms with Gasteiger partial charge in [0.05, 0.1) is 7.11 Å². The first-order chi connectivity index (χ1) is 5.54. The first kappa shape index (κ1) is 10.9. The number of carboxylic acids is 1. The van der Waals surface area contributed by atoms with Gasteiger partial charge in [0.25, 0.3) is 5.91 Å². The van der Waals surface area contributed by atoms with Gasteiger partial charge < -0.3 is 5.11 Å². The summed E-state index contributed by atoms with van der Waals surface area (Å²) in [5.41, 5.74) is 0. The van der Waals surface area contributed by atoms with E-state index in [0.29, 0.717) is 0 Å². The van der Waals surface area contributed by atoms with Gasteiger partial charge in [-0.15, -0.1) is 0 Å². The second-order valence-electron chi connectivity index (χ2n) is 2.32. The molecule has 0 aliphatic heterocycles. The minimum Gasteiger partial charge on any atom is -0.481 e. The van der Waals surface area contributed by atoms with E-state index in [1.165, 1.54) is 14.2 Å². The predicted molar refractivity (Wildman–Crippen MR) is 41.2 cm³/mol. The van der Waals surface area contributed by atoms with Crippen molar-refractivity contribution in [1.29, 1.82) is 0 Å². The summed E-state index contributed by atoms with van der Waals surface area (Å²) in [5.74, 6) is -2.66. The van der Waals surface area contributed by atoms with Crippen LogP contribution in [-0.4, -0.2) is 36.2 Å². The maximum Gasteiger partial charge on any atom is 0.316 e. The Balaban J connectivity index is 4.31. The zero-order chi connectivity index (χ0) is 9.72. The Hall–Kier alpha value is -1.10. The van der Waals surface area contributed by atoms with E-state index in [-0.39, 0.29) is 6.42 Å². The molecule has 1 amide bonds. The molecule has 1 atom stereocenters. The van der Waals surface area contributed by atoms with Gasteiger partial charge in [-0.25, -0.2) is 5.06 Å². The highest BCUT2D eigenvalue weighted by molar-refractivity contribution is 5.96. The van der Waals surface area contributed by atoms with Crippen molar-refractivity contribution in [2.75, 3.05) is 14.2 Å². The molecule has 12 heavy (non-hydrogen) atoms. The van der Waals surface area contributed by atoms with E-state index in [0.717, 1.165) is 5.06 Å². The fourth-order valence-electron chi connectivity index (χ4n) is 0.764. The lowest BCUT2D eigenvalue weighted by molar-refractivity contribution is -0.177. The van der Waals surface area contributed by atoms with Crippen LogP contribution in [0.3, 0.4) is 0 Å². The van der Waals surface area contributed by atoms with Gasteiger partial charge in [0.1, 0.15) is 5.92 Å². The van der Waals surface area contributed by atoms with Crippen LogP contribution in [0, 0.1) is 5.92 Å². The van der Waals surface area contributed by atoms with Gasteiger partial charge >= 0.3 is 5.97 Å². The topological polar surface area (TPSA) is 66.8 Å². The molecule has 0 saturated heterocycles. The van der Waals surface area contributed by atoms with E-state index >= 15 is 0 Å². The standard InChI is InChI=1S/C7H13NO4/c1-4-5(7(10)11)6(9)8(2)12-3/h5H,4H2,1-3H3,(H,10,11). The zero-order valence-electron chi connectivity index (χ0n) is 7.40. The molecule has 70 valence electrons. The van der Waals surface area contributed by atoms with Gasteiger partial charge in [0.2, 0.25) is 0 Å². The number of rotatable bonds is 4. The van der Waals surface area contributed by atoms with Crippen molar-refractivity contribution in [3.63, 3.8) is 0 Å². The minimum atomic E-state index is -1.12. The van der Waals surface area contributed by atoms with Crippen molar-refractivity contribution in [3.05, 3.63) is 0 Å². The molecule has 0 heterocycles. The molecular weight excluding hydrogens is 162 g/mol. The molecule has 0 aliphatic carbocycles. The number of hydrogen-bond acceptors (Lipinski definition) is 3. The van der Waals surface area contributed by atoms with Crippen molar-refractivity contribution in [2.24, 2.45) is 5.92 Å². The van der Waals surface area contributed by atoms with Crippen molar-refractivity contribution < 1.29 is 19.5 Å². The van der Waals surface area contributed by atoms with Crippen LogP contribution >= 0.6 is 0 Å². The molecule has 0 rings (SSSR count). The molecule has 0 aliphatic rings. The summed E-state index contributed by atoms with van der Waals surface area (Å²) in [6, 6.07) is 0. The maximum atomic E-state index is 11.2. The number of carboxylic acid groups (broad SMARTS) is 1. The Kier molecular flexibility index (Phi) is 4.28. The van der Waals surface area contributed by atoms with Gasteiger partial charge in [0.15, 0.2) is 0 Å². The molecule has 0 bridgehead atoms. The van der Waals surface area contributed by atoms with Crippen LogP contribution in [0.1, 0.15) is 13.3 Å². The third-order valence-electron chi connectivity index (χ3n) is 1.59. The summed E-state index contributed by atoms with van der Waals surface area (Å²) in [5, 5.41) is 9.50. The van der Waals surface area contributed by atoms with E-state index in [2.05, 4.69) is 4.84 Å². The van der Waals surface area contributed by atoms with Crippen LogP contribution in [0.4, 0.5) is 0 Å². The summed E-state index contributed by atoms with van der Waals surface area (Å²) in [6.45, 7) is 1.64. The molecule has 0 aromatic carbocycles. The van der Waals surface area contributed by atoms with Crippen LogP contribution in [0.5, 0.6) is 0 Å². The van der Waals surface area contributed by atoms with E-state index in [1.54, 1.807) is 6.92 Å². The summed E-state index contributed by atoms with van der Waals surface area (Å²) in [4.78, 5) is 26.2. The molecular formula is C7H13NO4. The number of carbonyl (C=O) groups is 2. The lowest BCUT2D eigenvalue weighted by Crippen LogP contribution is -2.35. The molecule has 0 spiro atoms. The second kappa shape index (κ2) is 4.71. The number of hydroxylamine groups is 2. The minimum absolute atomic E-state index is 0.266. The highest BCUT2D eigenvalue weighted by Crippen LogP contribution is 2.06. The highest BCUT2D eigenvalue weighted by atomic mass is 16.7. The Morgan fingerprint density at radius 1 is 1.58 bits per heavy atom. The van der Waals surface area contributed by atoms with Crippen molar-refractivity contribution in [3.8, 4) is 0 Å². The van der Waals surface area contributed by atoms with Gasteiger partial charge in [0, 0.05) is 7.05 Å². The zero-order valence-corrected chi connectivity index (χ0v) is 7.40. The smallest absolute Gasteiger partial charge is 0.316 e. The number of hydrogen-bond donors (Lipinski definition) is 1. The monoisotopic (exact) mass is 175 g/mol. The molecule has 0 aromatic rings. The van der Waals surface area contributed by atoms with Crippen molar-refractivity contribution in [2.45, 2.75) is 13.3 Å². The summed E-state index contributed by atoms with van der Waals surface area (Å²) in [6.07, 6.45) is 0.266. The molecule has 0 fully saturated rings. The fraction of sp³-hybridized carbons (Fsp3) is 0.714. The molecule has 5 heteroatoms. The van der Waals surface area contributed by atoms with Crippen LogP contribution in [-0.2, 0) is 14.4 Å². The van der Waals surface area contributed by atoms with Crippen molar-refractivity contribution in [1.82, 2.24) is 5.06 Å². The molecule has 5 nitrogen and oxygen atoms in total. The van der Waals surface area contributed by atoms with Crippen LogP contribution in [0.25, 0.3) is 0 Å². The molecule has 0 radical (unpaired) electrons. The normalized spacial score (nSPS) is 12.2. The van der Waals surface area contributed by atoms with Crippen molar-refractivity contribution >= 4 is 11.9 Å². The molecule has 0 saturated carbocycles. The summed E-state index contributed by atoms with van der Waals surface area (Å²) in [7, 11) is 2.69. The number of aliphatic carboxylic acids is 1. The second-order valence-corrected chi connectivity index (χ2v) is 2.32. The van der Waals surface area contributed by atoms with Gasteiger partial charge in [-0.3, -0.25) is 14.4 Å². The summed E-state index contributed by atoms with van der Waals surface area (Å²) < 4.78 is 0. The maximum absolute atomic E-state index is 11.2. The Labute approximate surface area is 70.9 Å². The third-order valence-corrected chi connectivity index (χ3v) is 1.59. The Bertz CT molecular complexity index is 180. The Morgan fingerprint density at radius 3 is 2.33 bits per heavy atom. The lowest BCUT2D eigenvalue weighted by Gasteiger charge is -2.17. The predicted octanol–water partition coefficient (Wildman–Crippen LogP) is 0.117. The van der Waals surface area contributed by atoms with Crippen LogP contribution in [0.15, 0.2) is 0 Å². The largest absolute Gasteiger partial charge is 0.481 e. The van der Waals surface area contributed by atoms with E-state index < -0.39 is 17.8 Å². The highest BCUT2D eigenvalue weighted by Gasteiger charge is 2.27. The fourth-order valence-corrected chi connectivity index (χ4v) is 0.764. The van der Waals surface area contributed by atoms with Gasteiger partial charge in [-0.2, -0.15) is 0 Å². The van der Waals surface area contributed by atoms with Crippen LogP contribution < -0.4 is 0 Å². The molecule has 1 N–H and O–H groups in total. The summed E-state index contributed by atoms with van der Waals surface area (Å²) >= 11 is 0. The third kappa shape index (κ3) is 2.50. The molecule has 0 aromatic heterocycles. The first-order valence-corrected chi connectivity index (χ1v) is 3.59. The SMILES string of the molecule is CCC(C(=O)O)C(=O)N(C)OC. The Morgan fingerprint density at radius 2 is 2.08 bits per heavy atom. The number of amides is 1. The number of nitrogens with zero attached hydrogens (tertiary/aromatic N) is 1. The average molecular weight is 175 g/mol. The average Bonchev–Trinajstić information content (AvgIpc) is 2.03. The quantitative estimate of drug-likeness (QED) is 0.486. The van der Waals surface area contributed by atoms with Gasteiger partial charge in [-0.05, 0) is 6.42 Å². The van der Waals surface area contributed by atoms with E-state index in [1.807, 2.05) is 0 Å². The first-order valence-electron chi connectivity index (χ1n) is 3.59. The number of carbonyl (C=O) groups excluding carboxylic acids is 1.